The minimum Gasteiger partial charge on any atom is -0.340 e. The zero-order valence-corrected chi connectivity index (χ0v) is 21.0. The molecule has 2 saturated heterocycles. The third kappa shape index (κ3) is 5.44. The van der Waals surface area contributed by atoms with Gasteiger partial charge in [-0.05, 0) is 23.5 Å². The van der Waals surface area contributed by atoms with Crippen LogP contribution >= 0.6 is 0 Å². The van der Waals surface area contributed by atoms with Crippen LogP contribution < -0.4 is 5.32 Å². The predicted molar refractivity (Wildman–Crippen MR) is 138 cm³/mol. The van der Waals surface area contributed by atoms with Crippen LogP contribution in [0.2, 0.25) is 0 Å². The van der Waals surface area contributed by atoms with Crippen molar-refractivity contribution in [3.05, 3.63) is 71.8 Å². The Morgan fingerprint density at radius 2 is 1.75 bits per heavy atom. The topological polar surface area (TPSA) is 73.0 Å². The summed E-state index contributed by atoms with van der Waals surface area (Å²) in [5.41, 5.74) is 1.77. The number of urea groups is 1. The summed E-state index contributed by atoms with van der Waals surface area (Å²) < 4.78 is 0. The number of terminal acetylenes is 1. The number of benzene rings is 2. The number of nitrogens with zero attached hydrogens (tertiary/aromatic N) is 3. The van der Waals surface area contributed by atoms with Gasteiger partial charge in [0, 0.05) is 19.6 Å². The summed E-state index contributed by atoms with van der Waals surface area (Å²) in [6.07, 6.45) is 6.46. The highest BCUT2D eigenvalue weighted by atomic mass is 16.2. The summed E-state index contributed by atoms with van der Waals surface area (Å²) in [5.74, 6) is 1.62. The van der Waals surface area contributed by atoms with Crippen LogP contribution in [0, 0.1) is 24.2 Å². The molecule has 2 aromatic carbocycles. The van der Waals surface area contributed by atoms with Crippen molar-refractivity contribution < 1.29 is 14.4 Å². The van der Waals surface area contributed by atoms with Gasteiger partial charge in [0.1, 0.15) is 0 Å². The van der Waals surface area contributed by atoms with E-state index in [1.54, 1.807) is 10.0 Å². The van der Waals surface area contributed by atoms with Gasteiger partial charge in [-0.25, -0.2) is 4.79 Å². The third-order valence-corrected chi connectivity index (χ3v) is 6.99. The number of hydrazine groups is 1. The van der Waals surface area contributed by atoms with Crippen LogP contribution in [0.15, 0.2) is 60.7 Å². The molecule has 2 aliphatic heterocycles. The van der Waals surface area contributed by atoms with Crippen molar-refractivity contribution >= 4 is 17.7 Å². The van der Waals surface area contributed by atoms with Crippen LogP contribution in [0.1, 0.15) is 37.3 Å². The lowest BCUT2D eigenvalue weighted by molar-refractivity contribution is -0.162. The summed E-state index contributed by atoms with van der Waals surface area (Å²) in [5, 5.41) is 6.25. The first-order valence-corrected chi connectivity index (χ1v) is 12.6. The molecule has 0 aromatic heterocycles. The summed E-state index contributed by atoms with van der Waals surface area (Å²) in [4.78, 5) is 42.7. The molecule has 0 radical (unpaired) electrons. The highest BCUT2D eigenvalue weighted by Crippen LogP contribution is 2.39. The lowest BCUT2D eigenvalue weighted by Gasteiger charge is -2.52. The fourth-order valence-corrected chi connectivity index (χ4v) is 5.20. The van der Waals surface area contributed by atoms with Gasteiger partial charge in [0.25, 0.3) is 0 Å². The number of piperidine rings is 1. The van der Waals surface area contributed by atoms with Gasteiger partial charge in [-0.2, -0.15) is 5.01 Å². The molecule has 3 amide bonds. The van der Waals surface area contributed by atoms with Crippen molar-refractivity contribution in [1.29, 1.82) is 0 Å². The van der Waals surface area contributed by atoms with E-state index in [2.05, 4.69) is 25.1 Å². The van der Waals surface area contributed by atoms with Crippen LogP contribution in [0.4, 0.5) is 4.79 Å². The summed E-state index contributed by atoms with van der Waals surface area (Å²) in [6.45, 7) is 5.58. The molecular formula is C29H34N4O3. The lowest BCUT2D eigenvalue weighted by atomic mass is 9.73. The van der Waals surface area contributed by atoms with Crippen molar-refractivity contribution in [3.8, 4) is 12.3 Å². The molecule has 2 aliphatic rings. The fourth-order valence-electron chi connectivity index (χ4n) is 5.20. The lowest BCUT2D eigenvalue weighted by Crippen LogP contribution is -2.70. The zero-order valence-electron chi connectivity index (χ0n) is 21.0. The van der Waals surface area contributed by atoms with E-state index in [-0.39, 0.29) is 30.8 Å². The molecule has 0 bridgehead atoms. The standard InChI is InChI=1S/C29H34N4O3/c1-4-16-32-20-25(34)27-24(33(32)29(36)30-18-22-11-7-5-8-12-22)19-31(17-15-21(2)3)28(35)26(27)23-13-9-6-10-14-23/h1,5-14,21,24,26-27H,15-20H2,2-3H3,(H,30,36)/t24-,26+,27?/m0/s1. The minimum atomic E-state index is -0.637. The minimum absolute atomic E-state index is 0.00721. The smallest absolute Gasteiger partial charge is 0.332 e. The van der Waals surface area contributed by atoms with E-state index in [4.69, 9.17) is 6.42 Å². The van der Waals surface area contributed by atoms with E-state index in [9.17, 15) is 14.4 Å². The van der Waals surface area contributed by atoms with Gasteiger partial charge in [-0.1, -0.05) is 80.4 Å². The second-order valence-corrected chi connectivity index (χ2v) is 9.93. The molecule has 36 heavy (non-hydrogen) atoms. The largest absolute Gasteiger partial charge is 0.340 e. The quantitative estimate of drug-likeness (QED) is 0.610. The maximum Gasteiger partial charge on any atom is 0.332 e. The Labute approximate surface area is 213 Å². The number of fused-ring (bicyclic) bond motifs is 1. The van der Waals surface area contributed by atoms with Gasteiger partial charge in [-0.3, -0.25) is 14.6 Å². The Morgan fingerprint density at radius 1 is 1.08 bits per heavy atom. The molecule has 2 aromatic rings. The number of nitrogens with one attached hydrogen (secondary N) is 1. The second-order valence-electron chi connectivity index (χ2n) is 9.93. The Kier molecular flexibility index (Phi) is 8.07. The van der Waals surface area contributed by atoms with Crippen LogP contribution in [-0.2, 0) is 16.1 Å². The molecule has 7 nitrogen and oxygen atoms in total. The summed E-state index contributed by atoms with van der Waals surface area (Å²) in [7, 11) is 0. The first-order chi connectivity index (χ1) is 17.4. The highest BCUT2D eigenvalue weighted by Gasteiger charge is 2.54. The van der Waals surface area contributed by atoms with Crippen molar-refractivity contribution in [1.82, 2.24) is 20.2 Å². The van der Waals surface area contributed by atoms with Crippen LogP contribution in [0.5, 0.6) is 0 Å². The van der Waals surface area contributed by atoms with Crippen molar-refractivity contribution in [2.45, 2.75) is 38.8 Å². The van der Waals surface area contributed by atoms with E-state index in [0.29, 0.717) is 25.6 Å². The average molecular weight is 487 g/mol. The first kappa shape index (κ1) is 25.5. The number of Topliss-reactive ketones (excluding diaryl/α,β-unsaturated/α-hetero) is 1. The number of hydrogen-bond donors (Lipinski definition) is 1. The monoisotopic (exact) mass is 486 g/mol. The second kappa shape index (κ2) is 11.4. The highest BCUT2D eigenvalue weighted by molar-refractivity contribution is 5.96. The number of hydrogen-bond acceptors (Lipinski definition) is 4. The summed E-state index contributed by atoms with van der Waals surface area (Å²) in [6, 6.07) is 18.3. The SMILES string of the molecule is C#CCN1CC(=O)C2[C@@H](c3ccccc3)C(=O)N(CCC(C)C)C[C@@H]2N1C(=O)NCc1ccccc1. The predicted octanol–water partition coefficient (Wildman–Crippen LogP) is 3.29. The number of ketones is 1. The molecule has 0 spiro atoms. The number of likely N-dealkylation sites (tertiary alicyclic amines) is 1. The Morgan fingerprint density at radius 3 is 2.39 bits per heavy atom. The summed E-state index contributed by atoms with van der Waals surface area (Å²) >= 11 is 0. The van der Waals surface area contributed by atoms with E-state index >= 15 is 0 Å². The van der Waals surface area contributed by atoms with Crippen molar-refractivity contribution in [2.75, 3.05) is 26.2 Å². The Hall–Kier alpha value is -3.63. The van der Waals surface area contributed by atoms with Crippen LogP contribution in [0.25, 0.3) is 0 Å². The third-order valence-electron chi connectivity index (χ3n) is 6.99. The normalized spacial score (nSPS) is 22.3. The average Bonchev–Trinajstić information content (AvgIpc) is 2.88. The van der Waals surface area contributed by atoms with Gasteiger partial charge < -0.3 is 10.2 Å². The van der Waals surface area contributed by atoms with E-state index < -0.39 is 17.9 Å². The van der Waals surface area contributed by atoms with Gasteiger partial charge in [-0.15, -0.1) is 6.42 Å². The number of rotatable bonds is 7. The molecule has 2 fully saturated rings. The number of amides is 3. The van der Waals surface area contributed by atoms with Crippen molar-refractivity contribution in [2.24, 2.45) is 11.8 Å². The van der Waals surface area contributed by atoms with Crippen LogP contribution in [0.3, 0.4) is 0 Å². The molecule has 2 heterocycles. The fraction of sp³-hybridized carbons (Fsp3) is 0.414. The molecule has 1 unspecified atom stereocenters. The maximum atomic E-state index is 13.7. The number of carbonyl (C=O) groups excluding carboxylic acids is 3. The molecule has 3 atom stereocenters. The van der Waals surface area contributed by atoms with E-state index in [1.165, 1.54) is 0 Å². The van der Waals surface area contributed by atoms with Crippen molar-refractivity contribution in [3.63, 3.8) is 0 Å². The van der Waals surface area contributed by atoms with E-state index in [0.717, 1.165) is 17.5 Å². The molecular weight excluding hydrogens is 452 g/mol. The van der Waals surface area contributed by atoms with Crippen LogP contribution in [-0.4, -0.2) is 64.9 Å². The maximum absolute atomic E-state index is 13.7. The van der Waals surface area contributed by atoms with Gasteiger partial charge in [0.05, 0.1) is 31.0 Å². The molecule has 0 saturated carbocycles. The van der Waals surface area contributed by atoms with Gasteiger partial charge in [0.15, 0.2) is 5.78 Å². The van der Waals surface area contributed by atoms with Gasteiger partial charge in [0.2, 0.25) is 5.91 Å². The molecule has 0 aliphatic carbocycles. The first-order valence-electron chi connectivity index (χ1n) is 12.6. The van der Waals surface area contributed by atoms with E-state index in [1.807, 2.05) is 65.6 Å². The Balaban J connectivity index is 1.69. The molecule has 7 heteroatoms. The van der Waals surface area contributed by atoms with Gasteiger partial charge >= 0.3 is 6.03 Å². The number of carbonyl (C=O) groups is 3. The molecule has 4 rings (SSSR count). The molecule has 1 N–H and O–H groups in total. The Bertz CT molecular complexity index is 1110. The molecule has 188 valence electrons. The zero-order chi connectivity index (χ0) is 25.7.